The van der Waals surface area contributed by atoms with Crippen LogP contribution in [0.3, 0.4) is 0 Å². The highest BCUT2D eigenvalue weighted by Crippen LogP contribution is 2.34. The van der Waals surface area contributed by atoms with Gasteiger partial charge in [0.15, 0.2) is 0 Å². The second-order valence-corrected chi connectivity index (χ2v) is 6.23. The van der Waals surface area contributed by atoms with Gasteiger partial charge in [0.2, 0.25) is 0 Å². The van der Waals surface area contributed by atoms with Crippen LogP contribution in [-0.4, -0.2) is 0 Å². The number of hydrogen-bond acceptors (Lipinski definition) is 0. The van der Waals surface area contributed by atoms with Crippen LogP contribution in [0.25, 0.3) is 11.1 Å². The minimum Gasteiger partial charge on any atom is -0.206 e. The van der Waals surface area contributed by atoms with Crippen LogP contribution in [0.5, 0.6) is 0 Å². The lowest BCUT2D eigenvalue weighted by Crippen LogP contribution is -1.96. The molecule has 2 aromatic carbocycles. The van der Waals surface area contributed by atoms with Gasteiger partial charge >= 0.3 is 0 Å². The van der Waals surface area contributed by atoms with Crippen LogP contribution in [0.15, 0.2) is 34.8 Å². The molecule has 124 valence electrons. The average Bonchev–Trinajstić information content (AvgIpc) is 2.52. The van der Waals surface area contributed by atoms with Gasteiger partial charge in [0.1, 0.15) is 11.6 Å². The second kappa shape index (κ2) is 7.95. The largest absolute Gasteiger partial charge is 0.264 e. The fraction of sp³-hybridized carbons (Fsp3) is 0.333. The number of rotatable bonds is 6. The van der Waals surface area contributed by atoms with Gasteiger partial charge in [0.05, 0.1) is 4.47 Å². The van der Waals surface area contributed by atoms with E-state index in [1.807, 2.05) is 0 Å². The van der Waals surface area contributed by atoms with Crippen LogP contribution in [0.4, 0.5) is 17.6 Å². The van der Waals surface area contributed by atoms with E-state index in [4.69, 9.17) is 0 Å². The van der Waals surface area contributed by atoms with E-state index < -0.39 is 18.1 Å². The number of unbranched alkanes of at least 4 members (excludes halogenated alkanes) is 2. The summed E-state index contributed by atoms with van der Waals surface area (Å²) in [5.41, 5.74) is 0.888. The van der Waals surface area contributed by atoms with Gasteiger partial charge in [-0.15, -0.1) is 0 Å². The van der Waals surface area contributed by atoms with Crippen molar-refractivity contribution in [3.05, 3.63) is 57.6 Å². The predicted octanol–water partition coefficient (Wildman–Crippen LogP) is 7.06. The van der Waals surface area contributed by atoms with E-state index in [9.17, 15) is 17.6 Å². The number of benzene rings is 2. The standard InChI is InChI=1S/C18H17BrF4/c1-2-3-4-5-11-6-7-13(14(8-11)18(22)23)12-9-15(20)17(19)16(21)10-12/h6-10,18H,2-5H2,1H3. The molecule has 0 aliphatic rings. The summed E-state index contributed by atoms with van der Waals surface area (Å²) in [6.45, 7) is 2.07. The van der Waals surface area contributed by atoms with Gasteiger partial charge in [-0.25, -0.2) is 17.6 Å². The van der Waals surface area contributed by atoms with Gasteiger partial charge in [-0.1, -0.05) is 31.9 Å². The monoisotopic (exact) mass is 388 g/mol. The Kier molecular flexibility index (Phi) is 6.22. The topological polar surface area (TPSA) is 0 Å². The second-order valence-electron chi connectivity index (χ2n) is 5.43. The molecule has 0 radical (unpaired) electrons. The first-order chi connectivity index (χ1) is 10.9. The summed E-state index contributed by atoms with van der Waals surface area (Å²) >= 11 is 2.78. The molecule has 0 saturated carbocycles. The molecule has 0 nitrogen and oxygen atoms in total. The first-order valence-electron chi connectivity index (χ1n) is 7.50. The molecule has 0 unspecified atom stereocenters. The van der Waals surface area contributed by atoms with Crippen molar-refractivity contribution in [2.75, 3.05) is 0 Å². The molecule has 0 heterocycles. The molecule has 0 bridgehead atoms. The highest BCUT2D eigenvalue weighted by molar-refractivity contribution is 9.10. The Labute approximate surface area is 141 Å². The molecule has 0 fully saturated rings. The van der Waals surface area contributed by atoms with Crippen molar-refractivity contribution in [1.29, 1.82) is 0 Å². The van der Waals surface area contributed by atoms with Gasteiger partial charge in [-0.3, -0.25) is 0 Å². The molecule has 0 aliphatic heterocycles. The lowest BCUT2D eigenvalue weighted by atomic mass is 9.95. The van der Waals surface area contributed by atoms with Crippen LogP contribution in [0.1, 0.15) is 43.7 Å². The van der Waals surface area contributed by atoms with E-state index >= 15 is 0 Å². The molecule has 0 saturated heterocycles. The summed E-state index contributed by atoms with van der Waals surface area (Å²) in [4.78, 5) is 0. The van der Waals surface area contributed by atoms with Crippen LogP contribution >= 0.6 is 15.9 Å². The lowest BCUT2D eigenvalue weighted by molar-refractivity contribution is 0.152. The molecule has 2 rings (SSSR count). The first-order valence-corrected chi connectivity index (χ1v) is 8.29. The summed E-state index contributed by atoms with van der Waals surface area (Å²) in [5.74, 6) is -1.63. The molecular weight excluding hydrogens is 372 g/mol. The van der Waals surface area contributed by atoms with Crippen LogP contribution in [0.2, 0.25) is 0 Å². The summed E-state index contributed by atoms with van der Waals surface area (Å²) < 4.78 is 53.8. The molecule has 0 aliphatic carbocycles. The Morgan fingerprint density at radius 1 is 1.00 bits per heavy atom. The predicted molar refractivity (Wildman–Crippen MR) is 87.7 cm³/mol. The van der Waals surface area contributed by atoms with E-state index in [-0.39, 0.29) is 21.2 Å². The van der Waals surface area contributed by atoms with E-state index in [1.165, 1.54) is 12.1 Å². The molecule has 0 spiro atoms. The van der Waals surface area contributed by atoms with E-state index in [1.54, 1.807) is 6.07 Å². The Morgan fingerprint density at radius 2 is 1.65 bits per heavy atom. The Hall–Kier alpha value is -1.36. The van der Waals surface area contributed by atoms with Gasteiger partial charge in [-0.2, -0.15) is 0 Å². The summed E-state index contributed by atoms with van der Waals surface area (Å²) in [6.07, 6.45) is 1.04. The molecule has 0 amide bonds. The number of alkyl halides is 2. The minimum absolute atomic E-state index is 0.110. The maximum absolute atomic E-state index is 13.7. The third-order valence-corrected chi connectivity index (χ3v) is 4.47. The zero-order valence-corrected chi connectivity index (χ0v) is 14.3. The van der Waals surface area contributed by atoms with Crippen LogP contribution < -0.4 is 0 Å². The summed E-state index contributed by atoms with van der Waals surface area (Å²) in [7, 11) is 0. The van der Waals surface area contributed by atoms with Gasteiger partial charge < -0.3 is 0 Å². The third kappa shape index (κ3) is 4.34. The van der Waals surface area contributed by atoms with Crippen molar-refractivity contribution in [3.63, 3.8) is 0 Å². The SMILES string of the molecule is CCCCCc1ccc(-c2cc(F)c(Br)c(F)c2)c(C(F)F)c1. The van der Waals surface area contributed by atoms with Crippen LogP contribution in [0, 0.1) is 11.6 Å². The Bertz CT molecular complexity index is 660. The maximum Gasteiger partial charge on any atom is 0.264 e. The van der Waals surface area contributed by atoms with Crippen molar-refractivity contribution >= 4 is 15.9 Å². The molecule has 0 N–H and O–H groups in total. The van der Waals surface area contributed by atoms with E-state index in [0.29, 0.717) is 0 Å². The highest BCUT2D eigenvalue weighted by atomic mass is 79.9. The van der Waals surface area contributed by atoms with E-state index in [0.717, 1.165) is 43.4 Å². The molecule has 23 heavy (non-hydrogen) atoms. The molecule has 2 aromatic rings. The molecule has 0 aromatic heterocycles. The molecular formula is C18H17BrF4. The van der Waals surface area contributed by atoms with Crippen LogP contribution in [-0.2, 0) is 6.42 Å². The zero-order chi connectivity index (χ0) is 17.0. The normalized spacial score (nSPS) is 11.3. The Balaban J connectivity index is 2.42. The summed E-state index contributed by atoms with van der Waals surface area (Å²) in [5, 5.41) is 0. The number of halogens is 5. The average molecular weight is 389 g/mol. The molecule has 0 atom stereocenters. The lowest BCUT2D eigenvalue weighted by Gasteiger charge is -2.12. The van der Waals surface area contributed by atoms with Gasteiger partial charge in [0.25, 0.3) is 6.43 Å². The minimum atomic E-state index is -2.70. The van der Waals surface area contributed by atoms with Crippen molar-refractivity contribution < 1.29 is 17.6 Å². The maximum atomic E-state index is 13.7. The van der Waals surface area contributed by atoms with Crippen molar-refractivity contribution in [1.82, 2.24) is 0 Å². The van der Waals surface area contributed by atoms with Crippen molar-refractivity contribution in [2.24, 2.45) is 0 Å². The third-order valence-electron chi connectivity index (χ3n) is 3.71. The zero-order valence-electron chi connectivity index (χ0n) is 12.7. The first kappa shape index (κ1) is 18.0. The fourth-order valence-corrected chi connectivity index (χ4v) is 2.73. The van der Waals surface area contributed by atoms with Crippen molar-refractivity contribution in [2.45, 2.75) is 39.0 Å². The Morgan fingerprint density at radius 3 is 2.22 bits per heavy atom. The fourth-order valence-electron chi connectivity index (χ4n) is 2.50. The number of hydrogen-bond donors (Lipinski definition) is 0. The number of aryl methyl sites for hydroxylation is 1. The van der Waals surface area contributed by atoms with E-state index in [2.05, 4.69) is 22.9 Å². The summed E-state index contributed by atoms with van der Waals surface area (Å²) in [6, 6.07) is 6.82. The van der Waals surface area contributed by atoms with Crippen molar-refractivity contribution in [3.8, 4) is 11.1 Å². The van der Waals surface area contributed by atoms with Gasteiger partial charge in [0, 0.05) is 5.56 Å². The smallest absolute Gasteiger partial charge is 0.206 e. The molecule has 5 heteroatoms. The highest BCUT2D eigenvalue weighted by Gasteiger charge is 2.17. The quantitative estimate of drug-likeness (QED) is 0.282. The van der Waals surface area contributed by atoms with Gasteiger partial charge in [-0.05, 0) is 63.7 Å².